The molecule has 2 aliphatic rings. The number of hydrogen-bond donors (Lipinski definition) is 1. The van der Waals surface area contributed by atoms with Gasteiger partial charge in [-0.3, -0.25) is 19.3 Å². The van der Waals surface area contributed by atoms with Gasteiger partial charge in [-0.25, -0.2) is 4.79 Å². The third kappa shape index (κ3) is 5.93. The van der Waals surface area contributed by atoms with E-state index in [2.05, 4.69) is 5.32 Å². The summed E-state index contributed by atoms with van der Waals surface area (Å²) in [5.74, 6) is -0.620. The molecule has 1 aromatic carbocycles. The van der Waals surface area contributed by atoms with Gasteiger partial charge in [0.25, 0.3) is 5.91 Å². The van der Waals surface area contributed by atoms with E-state index in [9.17, 15) is 19.2 Å². The lowest BCUT2D eigenvalue weighted by Crippen LogP contribution is -2.52. The monoisotopic (exact) mass is 523 g/mol. The van der Waals surface area contributed by atoms with Crippen molar-refractivity contribution in [2.45, 2.75) is 46.2 Å². The lowest BCUT2D eigenvalue weighted by Gasteiger charge is -2.28. The Labute approximate surface area is 221 Å². The molecule has 0 radical (unpaired) electrons. The zero-order chi connectivity index (χ0) is 26.7. The van der Waals surface area contributed by atoms with Crippen molar-refractivity contribution >= 4 is 35.0 Å². The molecule has 3 heterocycles. The minimum Gasteiger partial charge on any atom is -0.449 e. The van der Waals surface area contributed by atoms with Gasteiger partial charge in [0.05, 0.1) is 18.8 Å². The molecule has 1 fully saturated rings. The smallest absolute Gasteiger partial charge is 0.414 e. The first-order valence-electron chi connectivity index (χ1n) is 12.6. The Morgan fingerprint density at radius 2 is 1.81 bits per heavy atom. The Morgan fingerprint density at radius 1 is 1.08 bits per heavy atom. The van der Waals surface area contributed by atoms with Crippen LogP contribution in [0.5, 0.6) is 0 Å². The maximum Gasteiger partial charge on any atom is 0.414 e. The minimum absolute atomic E-state index is 0.130. The van der Waals surface area contributed by atoms with Gasteiger partial charge in [0.2, 0.25) is 5.91 Å². The first-order valence-corrected chi connectivity index (χ1v) is 13.5. The second-order valence-corrected chi connectivity index (χ2v) is 11.2. The highest BCUT2D eigenvalue weighted by atomic mass is 32.1. The molecule has 2 aliphatic heterocycles. The number of nitrogens with zero attached hydrogens (tertiary/aromatic N) is 2. The lowest BCUT2D eigenvalue weighted by atomic mass is 10.0. The summed E-state index contributed by atoms with van der Waals surface area (Å²) in [5.41, 5.74) is 1.96. The molecular weight excluding hydrogens is 490 g/mol. The maximum absolute atomic E-state index is 13.6. The van der Waals surface area contributed by atoms with Gasteiger partial charge < -0.3 is 15.0 Å². The average Bonchev–Trinajstić information content (AvgIpc) is 3.60. The van der Waals surface area contributed by atoms with Gasteiger partial charge in [-0.1, -0.05) is 45.9 Å². The van der Waals surface area contributed by atoms with Gasteiger partial charge in [-0.05, 0) is 53.5 Å². The number of ether oxygens (including phenoxy) is 1. The number of Topliss-reactive ketones (excluding diaryl/α,β-unsaturated/α-hetero) is 1. The van der Waals surface area contributed by atoms with Gasteiger partial charge in [0.15, 0.2) is 5.78 Å². The Balaban J connectivity index is 1.45. The number of carbonyl (C=O) groups is 4. The van der Waals surface area contributed by atoms with E-state index in [1.165, 1.54) is 9.80 Å². The number of benzene rings is 1. The quantitative estimate of drug-likeness (QED) is 0.556. The van der Waals surface area contributed by atoms with Crippen molar-refractivity contribution in [2.75, 3.05) is 19.7 Å². The van der Waals surface area contributed by atoms with Crippen LogP contribution in [0.15, 0.2) is 53.6 Å². The van der Waals surface area contributed by atoms with Crippen LogP contribution < -0.4 is 5.32 Å². The van der Waals surface area contributed by atoms with Crippen molar-refractivity contribution in [1.29, 1.82) is 0 Å². The van der Waals surface area contributed by atoms with E-state index < -0.39 is 18.2 Å². The molecule has 0 aliphatic carbocycles. The summed E-state index contributed by atoms with van der Waals surface area (Å²) in [5, 5.41) is 4.89. The zero-order valence-corrected chi connectivity index (χ0v) is 22.4. The molecule has 1 N–H and O–H groups in total. The van der Waals surface area contributed by atoms with Crippen LogP contribution in [0, 0.1) is 11.8 Å². The van der Waals surface area contributed by atoms with Gasteiger partial charge in [-0.15, -0.1) is 11.3 Å². The molecule has 4 rings (SSSR count). The van der Waals surface area contributed by atoms with Gasteiger partial charge in [0.1, 0.15) is 12.1 Å². The van der Waals surface area contributed by atoms with Crippen molar-refractivity contribution in [3.8, 4) is 10.4 Å². The predicted octanol–water partition coefficient (Wildman–Crippen LogP) is 4.33. The fourth-order valence-corrected chi connectivity index (χ4v) is 5.30. The van der Waals surface area contributed by atoms with Gasteiger partial charge in [0, 0.05) is 17.0 Å². The average molecular weight is 524 g/mol. The fourth-order valence-electron chi connectivity index (χ4n) is 4.57. The highest BCUT2D eigenvalue weighted by Crippen LogP contribution is 2.31. The van der Waals surface area contributed by atoms with Crippen molar-refractivity contribution in [2.24, 2.45) is 11.8 Å². The van der Waals surface area contributed by atoms with Crippen LogP contribution in [0.2, 0.25) is 0 Å². The molecule has 1 aromatic heterocycles. The lowest BCUT2D eigenvalue weighted by molar-refractivity contribution is -0.137. The molecule has 8 nitrogen and oxygen atoms in total. The van der Waals surface area contributed by atoms with Crippen LogP contribution in [0.1, 0.15) is 44.5 Å². The van der Waals surface area contributed by atoms with Crippen molar-refractivity contribution in [3.63, 3.8) is 0 Å². The number of thiophene rings is 1. The van der Waals surface area contributed by atoms with Crippen molar-refractivity contribution in [3.05, 3.63) is 59.1 Å². The zero-order valence-electron chi connectivity index (χ0n) is 21.6. The fraction of sp³-hybridized carbons (Fsp3) is 0.429. The van der Waals surface area contributed by atoms with E-state index in [1.807, 2.05) is 57.3 Å². The molecule has 196 valence electrons. The summed E-state index contributed by atoms with van der Waals surface area (Å²) in [6.45, 7) is 8.13. The molecule has 3 amide bonds. The number of nitrogens with one attached hydrogen (secondary N) is 1. The first kappa shape index (κ1) is 26.6. The van der Waals surface area contributed by atoms with Crippen LogP contribution in [0.4, 0.5) is 4.79 Å². The maximum atomic E-state index is 13.6. The first-order chi connectivity index (χ1) is 17.7. The van der Waals surface area contributed by atoms with Crippen LogP contribution >= 0.6 is 11.3 Å². The number of hydrogen-bond acceptors (Lipinski definition) is 6. The number of carbonyl (C=O) groups excluding carboxylic acids is 4. The minimum atomic E-state index is -0.837. The standard InChI is InChI=1S/C28H33N3O5S/c1-17(2)14-21(29-26(33)20-9-7-19(8-10-20)24-6-5-13-37-24)27(34)30-12-11-22-25(30)23(32)15-31(22)28(35)36-16-18(3)4/h5-11,13,17-18,21,25H,12,14-16H2,1-4H3,(H,29,33). The SMILES string of the molecule is CC(C)COC(=O)N1CC(=O)C2C1=CCN2C(=O)C(CC(C)C)NC(=O)c1ccc(-c2cccs2)cc1. The van der Waals surface area contributed by atoms with Crippen LogP contribution in [-0.4, -0.2) is 65.3 Å². The summed E-state index contributed by atoms with van der Waals surface area (Å²) in [6, 6.07) is 9.63. The molecule has 0 spiro atoms. The van der Waals surface area contributed by atoms with Crippen LogP contribution in [0.3, 0.4) is 0 Å². The molecule has 0 saturated carbocycles. The Kier molecular flexibility index (Phi) is 8.12. The summed E-state index contributed by atoms with van der Waals surface area (Å²) >= 11 is 1.62. The number of amides is 3. The molecule has 1 saturated heterocycles. The van der Waals surface area contributed by atoms with Crippen molar-refractivity contribution < 1.29 is 23.9 Å². The second kappa shape index (κ2) is 11.3. The second-order valence-electron chi connectivity index (χ2n) is 10.3. The number of ketones is 1. The Bertz CT molecular complexity index is 1190. The van der Waals surface area contributed by atoms with E-state index in [-0.39, 0.29) is 49.1 Å². The number of fused-ring (bicyclic) bond motifs is 1. The predicted molar refractivity (Wildman–Crippen MR) is 142 cm³/mol. The molecular formula is C28H33N3O5S. The van der Waals surface area contributed by atoms with E-state index in [1.54, 1.807) is 29.5 Å². The van der Waals surface area contributed by atoms with E-state index in [0.717, 1.165) is 10.4 Å². The van der Waals surface area contributed by atoms with Crippen molar-refractivity contribution in [1.82, 2.24) is 15.1 Å². The summed E-state index contributed by atoms with van der Waals surface area (Å²) in [7, 11) is 0. The Hall–Kier alpha value is -3.46. The highest BCUT2D eigenvalue weighted by Gasteiger charge is 2.48. The number of likely N-dealkylation sites (tertiary alicyclic amines) is 1. The van der Waals surface area contributed by atoms with Crippen LogP contribution in [0.25, 0.3) is 10.4 Å². The van der Waals surface area contributed by atoms with Gasteiger partial charge in [-0.2, -0.15) is 0 Å². The molecule has 37 heavy (non-hydrogen) atoms. The third-order valence-electron chi connectivity index (χ3n) is 6.33. The topological polar surface area (TPSA) is 96.0 Å². The third-order valence-corrected chi connectivity index (χ3v) is 7.25. The Morgan fingerprint density at radius 3 is 2.43 bits per heavy atom. The summed E-state index contributed by atoms with van der Waals surface area (Å²) in [6.07, 6.45) is 1.56. The molecule has 2 unspecified atom stereocenters. The molecule has 2 aromatic rings. The van der Waals surface area contributed by atoms with E-state index >= 15 is 0 Å². The van der Waals surface area contributed by atoms with Gasteiger partial charge >= 0.3 is 6.09 Å². The molecule has 0 bridgehead atoms. The van der Waals surface area contributed by atoms with E-state index in [4.69, 9.17) is 4.74 Å². The highest BCUT2D eigenvalue weighted by molar-refractivity contribution is 7.13. The summed E-state index contributed by atoms with van der Waals surface area (Å²) in [4.78, 5) is 56.0. The molecule has 9 heteroatoms. The normalized spacial score (nSPS) is 17.7. The number of rotatable bonds is 8. The molecule has 2 atom stereocenters. The summed E-state index contributed by atoms with van der Waals surface area (Å²) < 4.78 is 5.31. The van der Waals surface area contributed by atoms with Crippen LogP contribution in [-0.2, 0) is 14.3 Å². The largest absolute Gasteiger partial charge is 0.449 e. The van der Waals surface area contributed by atoms with E-state index in [0.29, 0.717) is 17.7 Å².